The highest BCUT2D eigenvalue weighted by Crippen LogP contribution is 2.66. The zero-order valence-corrected chi connectivity index (χ0v) is 23.0. The minimum Gasteiger partial charge on any atom is -0.492 e. The largest absolute Gasteiger partial charge is 0.492 e. The zero-order valence-electron chi connectivity index (χ0n) is 23.0. The first-order valence-electron chi connectivity index (χ1n) is 13.4. The first kappa shape index (κ1) is 25.2. The fraction of sp³-hybridized carbons (Fsp3) is 0.294. The number of allylic oxidation sites excluding steroid dienone is 1. The van der Waals surface area contributed by atoms with E-state index in [1.807, 2.05) is 93.6 Å². The smallest absolute Gasteiger partial charge is 0.421 e. The Morgan fingerprint density at radius 2 is 1.49 bits per heavy atom. The second-order valence-electron chi connectivity index (χ2n) is 12.0. The minimum absolute atomic E-state index is 0.0734. The van der Waals surface area contributed by atoms with Crippen LogP contribution in [0.5, 0.6) is 0 Å². The normalized spacial score (nSPS) is 23.3. The van der Waals surface area contributed by atoms with Crippen molar-refractivity contribution in [2.75, 3.05) is 11.5 Å². The molecule has 0 fully saturated rings. The molecule has 3 aromatic rings. The van der Waals surface area contributed by atoms with Crippen molar-refractivity contribution in [2.45, 2.75) is 45.6 Å². The molecule has 2 heterocycles. The molecule has 0 N–H and O–H groups in total. The molecule has 3 aromatic carbocycles. The van der Waals surface area contributed by atoms with Crippen LogP contribution in [0.25, 0.3) is 11.3 Å². The monoisotopic (exact) mass is 519 g/mol. The first-order chi connectivity index (χ1) is 18.6. The van der Waals surface area contributed by atoms with Gasteiger partial charge in [-0.15, -0.1) is 0 Å². The maximum absolute atomic E-state index is 14.9. The number of benzene rings is 3. The van der Waals surface area contributed by atoms with Gasteiger partial charge in [-0.2, -0.15) is 0 Å². The predicted octanol–water partition coefficient (Wildman–Crippen LogP) is 7.39. The molecule has 198 valence electrons. The Morgan fingerprint density at radius 3 is 2.13 bits per heavy atom. The van der Waals surface area contributed by atoms with Crippen molar-refractivity contribution >= 4 is 29.0 Å². The molecule has 2 amide bonds. The Hall–Kier alpha value is -4.12. The van der Waals surface area contributed by atoms with Gasteiger partial charge in [0.2, 0.25) is 0 Å². The van der Waals surface area contributed by atoms with E-state index >= 15 is 0 Å². The molecule has 1 spiro atoms. The Labute approximate surface area is 229 Å². The minimum atomic E-state index is -1.13. The molecule has 0 aromatic heterocycles. The van der Waals surface area contributed by atoms with E-state index in [4.69, 9.17) is 9.47 Å². The van der Waals surface area contributed by atoms with Crippen molar-refractivity contribution < 1.29 is 19.1 Å². The standard InChI is InChI=1S/C34H33NO4/c1-32(2,3)39-31(37)35-28-19-13-12-18-25(28)34(30(35)36)26(22-14-8-6-9-15-22)20-24-27(33(34,4)5)21-38-29(24)23-16-10-7-11-17-23/h6-20,27H,21H2,1-5H3/t27-,34-/m0/s1. The van der Waals surface area contributed by atoms with Crippen molar-refractivity contribution in [3.63, 3.8) is 0 Å². The van der Waals surface area contributed by atoms with Crippen LogP contribution >= 0.6 is 0 Å². The molecule has 1 aliphatic carbocycles. The predicted molar refractivity (Wildman–Crippen MR) is 153 cm³/mol. The third-order valence-electron chi connectivity index (χ3n) is 8.34. The van der Waals surface area contributed by atoms with Crippen LogP contribution in [0, 0.1) is 11.3 Å². The number of carbonyl (C=O) groups is 2. The second kappa shape index (κ2) is 8.70. The van der Waals surface area contributed by atoms with Gasteiger partial charge in [0, 0.05) is 17.1 Å². The van der Waals surface area contributed by atoms with E-state index in [2.05, 4.69) is 32.1 Å². The lowest BCUT2D eigenvalue weighted by molar-refractivity contribution is -0.125. The van der Waals surface area contributed by atoms with E-state index in [0.29, 0.717) is 12.3 Å². The number of carbonyl (C=O) groups excluding carboxylic acids is 2. The highest BCUT2D eigenvalue weighted by Gasteiger charge is 2.67. The van der Waals surface area contributed by atoms with Gasteiger partial charge in [0.05, 0.1) is 12.3 Å². The fourth-order valence-corrected chi connectivity index (χ4v) is 6.64. The van der Waals surface area contributed by atoms with Crippen molar-refractivity contribution in [2.24, 2.45) is 11.3 Å². The van der Waals surface area contributed by atoms with E-state index in [-0.39, 0.29) is 11.8 Å². The van der Waals surface area contributed by atoms with Crippen molar-refractivity contribution in [1.82, 2.24) is 0 Å². The summed E-state index contributed by atoms with van der Waals surface area (Å²) >= 11 is 0. The number of nitrogens with zero attached hydrogens (tertiary/aromatic N) is 1. The number of hydrogen-bond acceptors (Lipinski definition) is 4. The van der Waals surface area contributed by atoms with Gasteiger partial charge in [-0.3, -0.25) is 4.79 Å². The summed E-state index contributed by atoms with van der Waals surface area (Å²) in [6.07, 6.45) is 1.49. The van der Waals surface area contributed by atoms with Crippen LogP contribution in [0.2, 0.25) is 0 Å². The number of hydrogen-bond donors (Lipinski definition) is 0. The molecule has 0 saturated heterocycles. The number of amides is 2. The van der Waals surface area contributed by atoms with Crippen LogP contribution < -0.4 is 4.90 Å². The van der Waals surface area contributed by atoms with E-state index < -0.39 is 22.5 Å². The van der Waals surface area contributed by atoms with Crippen LogP contribution in [0.15, 0.2) is 96.6 Å². The van der Waals surface area contributed by atoms with Gasteiger partial charge in [-0.25, -0.2) is 9.69 Å². The van der Waals surface area contributed by atoms with Crippen LogP contribution in [0.4, 0.5) is 10.5 Å². The van der Waals surface area contributed by atoms with Crippen LogP contribution in [-0.4, -0.2) is 24.2 Å². The average molecular weight is 520 g/mol. The summed E-state index contributed by atoms with van der Waals surface area (Å²) < 4.78 is 12.2. The molecule has 2 aliphatic heterocycles. The maximum atomic E-state index is 14.9. The first-order valence-corrected chi connectivity index (χ1v) is 13.4. The lowest BCUT2D eigenvalue weighted by Gasteiger charge is -2.51. The summed E-state index contributed by atoms with van der Waals surface area (Å²) in [6, 6.07) is 27.8. The van der Waals surface area contributed by atoms with Gasteiger partial charge < -0.3 is 9.47 Å². The summed E-state index contributed by atoms with van der Waals surface area (Å²) in [4.78, 5) is 29.8. The number of imide groups is 1. The third-order valence-corrected chi connectivity index (χ3v) is 8.34. The molecule has 6 rings (SSSR count). The molecular formula is C34H33NO4. The SMILES string of the molecule is CC(C)(C)OC(=O)N1C(=O)[C@@]2(C(c3ccccc3)=CC3=C(c4ccccc4)OC[C@@H]3C2(C)C)c2ccccc21. The van der Waals surface area contributed by atoms with Crippen LogP contribution in [0.1, 0.15) is 51.3 Å². The highest BCUT2D eigenvalue weighted by molar-refractivity contribution is 6.26. The van der Waals surface area contributed by atoms with Crippen molar-refractivity contribution in [3.8, 4) is 0 Å². The van der Waals surface area contributed by atoms with E-state index in [1.165, 1.54) is 4.90 Å². The summed E-state index contributed by atoms with van der Waals surface area (Å²) in [5, 5.41) is 0. The Balaban J connectivity index is 1.66. The van der Waals surface area contributed by atoms with Gasteiger partial charge in [-0.05, 0) is 55.0 Å². The molecule has 5 nitrogen and oxygen atoms in total. The molecule has 0 saturated carbocycles. The lowest BCUT2D eigenvalue weighted by Crippen LogP contribution is -2.57. The number of ether oxygens (including phenoxy) is 2. The number of fused-ring (bicyclic) bond motifs is 3. The molecule has 39 heavy (non-hydrogen) atoms. The number of rotatable bonds is 2. The summed E-state index contributed by atoms with van der Waals surface area (Å²) in [5.41, 5.74) is 2.74. The molecular weight excluding hydrogens is 486 g/mol. The average Bonchev–Trinajstić information content (AvgIpc) is 3.45. The summed E-state index contributed by atoms with van der Waals surface area (Å²) in [7, 11) is 0. The molecule has 3 aliphatic rings. The number of anilines is 1. The fourth-order valence-electron chi connectivity index (χ4n) is 6.64. The summed E-state index contributed by atoms with van der Waals surface area (Å²) in [5.74, 6) is 0.487. The molecule has 2 atom stereocenters. The Kier molecular flexibility index (Phi) is 5.62. The van der Waals surface area contributed by atoms with E-state index in [0.717, 1.165) is 33.6 Å². The summed E-state index contributed by atoms with van der Waals surface area (Å²) in [6.45, 7) is 10.2. The number of para-hydroxylation sites is 1. The Morgan fingerprint density at radius 1 is 0.897 bits per heavy atom. The third kappa shape index (κ3) is 3.59. The molecule has 0 radical (unpaired) electrons. The van der Waals surface area contributed by atoms with Gasteiger partial charge in [0.25, 0.3) is 5.91 Å². The highest BCUT2D eigenvalue weighted by atomic mass is 16.6. The zero-order chi connectivity index (χ0) is 27.6. The quantitative estimate of drug-likeness (QED) is 0.354. The molecule has 0 unspecified atom stereocenters. The van der Waals surface area contributed by atoms with Gasteiger partial charge in [0.1, 0.15) is 16.8 Å². The van der Waals surface area contributed by atoms with Gasteiger partial charge in [0.15, 0.2) is 0 Å². The van der Waals surface area contributed by atoms with Gasteiger partial charge >= 0.3 is 6.09 Å². The molecule has 5 heteroatoms. The van der Waals surface area contributed by atoms with Crippen LogP contribution in [-0.2, 0) is 19.7 Å². The maximum Gasteiger partial charge on any atom is 0.421 e. The van der Waals surface area contributed by atoms with Crippen LogP contribution in [0.3, 0.4) is 0 Å². The van der Waals surface area contributed by atoms with E-state index in [1.54, 1.807) is 0 Å². The topological polar surface area (TPSA) is 55.8 Å². The second-order valence-corrected chi connectivity index (χ2v) is 12.0. The van der Waals surface area contributed by atoms with Gasteiger partial charge in [-0.1, -0.05) is 92.7 Å². The van der Waals surface area contributed by atoms with Crippen molar-refractivity contribution in [3.05, 3.63) is 113 Å². The van der Waals surface area contributed by atoms with E-state index in [9.17, 15) is 9.59 Å². The molecule has 0 bridgehead atoms. The lowest BCUT2D eigenvalue weighted by atomic mass is 9.49. The van der Waals surface area contributed by atoms with Crippen molar-refractivity contribution in [1.29, 1.82) is 0 Å². The Bertz CT molecular complexity index is 1530.